The van der Waals surface area contributed by atoms with Crippen molar-refractivity contribution >= 4 is 27.5 Å². The van der Waals surface area contributed by atoms with Crippen LogP contribution in [0, 0.1) is 5.92 Å². The maximum atomic E-state index is 13.1. The van der Waals surface area contributed by atoms with Gasteiger partial charge in [-0.15, -0.1) is 11.3 Å². The molecule has 0 saturated heterocycles. The zero-order valence-corrected chi connectivity index (χ0v) is 21.2. The fourth-order valence-electron chi connectivity index (χ4n) is 4.29. The van der Waals surface area contributed by atoms with Gasteiger partial charge >= 0.3 is 0 Å². The molecule has 7 nitrogen and oxygen atoms in total. The third-order valence-corrected chi connectivity index (χ3v) is 7.36. The van der Waals surface area contributed by atoms with E-state index < -0.39 is 0 Å². The first-order chi connectivity index (χ1) is 16.4. The Bertz CT molecular complexity index is 1230. The number of nitrogens with one attached hydrogen (secondary N) is 1. The number of hydrogen-bond acceptors (Lipinski definition) is 6. The third-order valence-electron chi connectivity index (χ3n) is 6.16. The van der Waals surface area contributed by atoms with Crippen molar-refractivity contribution in [1.29, 1.82) is 0 Å². The predicted molar refractivity (Wildman–Crippen MR) is 135 cm³/mol. The molecule has 0 saturated carbocycles. The van der Waals surface area contributed by atoms with Gasteiger partial charge in [0.1, 0.15) is 4.83 Å². The fraction of sp³-hybridized carbons (Fsp3) is 0.500. The van der Waals surface area contributed by atoms with E-state index in [0.717, 1.165) is 35.0 Å². The van der Waals surface area contributed by atoms with Crippen molar-refractivity contribution in [2.24, 2.45) is 5.92 Å². The highest BCUT2D eigenvalue weighted by atomic mass is 32.1. The number of hydrogen-bond donors (Lipinski definition) is 1. The number of amides is 1. The quantitative estimate of drug-likeness (QED) is 0.479. The molecular formula is C26H33N3O4S. The van der Waals surface area contributed by atoms with E-state index in [-0.39, 0.29) is 23.9 Å². The number of aromatic nitrogens is 2. The minimum Gasteiger partial charge on any atom is -0.493 e. The Morgan fingerprint density at radius 2 is 2.00 bits per heavy atom. The van der Waals surface area contributed by atoms with Crippen molar-refractivity contribution in [2.75, 3.05) is 13.7 Å². The minimum absolute atomic E-state index is 0.0352. The number of nitrogens with zero attached hydrogens (tertiary/aromatic N) is 2. The van der Waals surface area contributed by atoms with E-state index in [1.54, 1.807) is 29.3 Å². The van der Waals surface area contributed by atoms with E-state index in [1.807, 2.05) is 25.1 Å². The lowest BCUT2D eigenvalue weighted by molar-refractivity contribution is -0.121. The third kappa shape index (κ3) is 5.27. The Balaban J connectivity index is 1.40. The number of rotatable bonds is 9. The molecule has 182 valence electrons. The normalized spacial score (nSPS) is 14.1. The summed E-state index contributed by atoms with van der Waals surface area (Å²) in [6.07, 6.45) is 6.04. The van der Waals surface area contributed by atoms with Gasteiger partial charge in [0.05, 0.1) is 31.5 Å². The summed E-state index contributed by atoms with van der Waals surface area (Å²) in [6.45, 7) is 7.02. The maximum absolute atomic E-state index is 13.1. The molecule has 0 bridgehead atoms. The van der Waals surface area contributed by atoms with Crippen LogP contribution in [0.2, 0.25) is 0 Å². The monoisotopic (exact) mass is 483 g/mol. The predicted octanol–water partition coefficient (Wildman–Crippen LogP) is 4.65. The Labute approximate surface area is 204 Å². The van der Waals surface area contributed by atoms with Gasteiger partial charge in [-0.25, -0.2) is 4.98 Å². The van der Waals surface area contributed by atoms with E-state index in [4.69, 9.17) is 9.47 Å². The van der Waals surface area contributed by atoms with Crippen LogP contribution in [-0.4, -0.2) is 29.2 Å². The second-order valence-corrected chi connectivity index (χ2v) is 10.4. The number of methoxy groups -OCH3 is 1. The van der Waals surface area contributed by atoms with Crippen molar-refractivity contribution in [3.63, 3.8) is 0 Å². The molecule has 1 amide bonds. The summed E-state index contributed by atoms with van der Waals surface area (Å²) in [5.41, 5.74) is 2.06. The molecule has 0 radical (unpaired) electrons. The van der Waals surface area contributed by atoms with Crippen LogP contribution in [0.4, 0.5) is 0 Å². The summed E-state index contributed by atoms with van der Waals surface area (Å²) < 4.78 is 12.9. The molecule has 2 heterocycles. The first-order valence-electron chi connectivity index (χ1n) is 12.0. The number of carbonyl (C=O) groups excluding carboxylic acids is 1. The van der Waals surface area contributed by atoms with Crippen LogP contribution in [0.5, 0.6) is 11.5 Å². The van der Waals surface area contributed by atoms with Crippen molar-refractivity contribution < 1.29 is 14.3 Å². The molecule has 4 rings (SSSR count). The van der Waals surface area contributed by atoms with Crippen molar-refractivity contribution in [3.05, 3.63) is 50.9 Å². The Kier molecular flexibility index (Phi) is 7.56. The van der Waals surface area contributed by atoms with Crippen LogP contribution >= 0.6 is 11.3 Å². The molecular weight excluding hydrogens is 450 g/mol. The zero-order chi connectivity index (χ0) is 24.2. The number of thiophene rings is 1. The molecule has 1 aliphatic rings. The zero-order valence-electron chi connectivity index (χ0n) is 20.3. The average Bonchev–Trinajstić information content (AvgIpc) is 3.21. The summed E-state index contributed by atoms with van der Waals surface area (Å²) in [5, 5.41) is 3.77. The number of ether oxygens (including phenoxy) is 2. The Morgan fingerprint density at radius 1 is 1.21 bits per heavy atom. The highest BCUT2D eigenvalue weighted by molar-refractivity contribution is 7.18. The molecule has 1 aromatic carbocycles. The summed E-state index contributed by atoms with van der Waals surface area (Å²) in [5.74, 6) is 1.63. The molecule has 3 aromatic rings. The van der Waals surface area contributed by atoms with E-state index in [0.29, 0.717) is 30.6 Å². The van der Waals surface area contributed by atoms with Crippen molar-refractivity contribution in [1.82, 2.24) is 14.9 Å². The fourth-order valence-corrected chi connectivity index (χ4v) is 5.51. The molecule has 2 aromatic heterocycles. The van der Waals surface area contributed by atoms with Crippen molar-refractivity contribution in [3.8, 4) is 11.5 Å². The highest BCUT2D eigenvalue weighted by Crippen LogP contribution is 2.33. The summed E-state index contributed by atoms with van der Waals surface area (Å²) in [4.78, 5) is 32.4. The molecule has 34 heavy (non-hydrogen) atoms. The van der Waals surface area contributed by atoms with Gasteiger partial charge in [-0.1, -0.05) is 19.9 Å². The summed E-state index contributed by atoms with van der Waals surface area (Å²) in [7, 11) is 1.61. The smallest absolute Gasteiger partial charge is 0.262 e. The molecule has 0 spiro atoms. The van der Waals surface area contributed by atoms with Crippen LogP contribution in [0.1, 0.15) is 62.1 Å². The van der Waals surface area contributed by atoms with E-state index >= 15 is 0 Å². The second kappa shape index (κ2) is 10.6. The molecule has 1 N–H and O–H groups in total. The minimum atomic E-state index is -0.207. The Hall–Kier alpha value is -2.87. The van der Waals surface area contributed by atoms with Crippen LogP contribution in [0.25, 0.3) is 10.2 Å². The van der Waals surface area contributed by atoms with E-state index in [1.165, 1.54) is 16.9 Å². The number of benzene rings is 1. The van der Waals surface area contributed by atoms with Crippen LogP contribution in [-0.2, 0) is 24.2 Å². The average molecular weight is 484 g/mol. The molecule has 8 heteroatoms. The Morgan fingerprint density at radius 3 is 2.76 bits per heavy atom. The van der Waals surface area contributed by atoms with Gasteiger partial charge in [0.2, 0.25) is 5.91 Å². The van der Waals surface area contributed by atoms with Crippen molar-refractivity contribution in [2.45, 2.75) is 65.5 Å². The lowest BCUT2D eigenvalue weighted by Crippen LogP contribution is -2.29. The molecule has 1 unspecified atom stereocenters. The lowest BCUT2D eigenvalue weighted by Gasteiger charge is -2.18. The largest absolute Gasteiger partial charge is 0.493 e. The molecule has 0 fully saturated rings. The topological polar surface area (TPSA) is 82.5 Å². The first-order valence-corrected chi connectivity index (χ1v) is 12.8. The summed E-state index contributed by atoms with van der Waals surface area (Å²) >= 11 is 1.64. The standard InChI is InChI=1S/C26H33N3O4S/c1-16(2)14-33-20-10-9-18(13-21(20)32-4)17(3)28-23(30)11-12-29-15-27-25-24(26(29)31)19-7-5-6-8-22(19)34-25/h9-10,13,15-17H,5-8,11-12,14H2,1-4H3,(H,28,30). The van der Waals surface area contributed by atoms with Crippen LogP contribution in [0.3, 0.4) is 0 Å². The molecule has 1 aliphatic carbocycles. The second-order valence-electron chi connectivity index (χ2n) is 9.29. The maximum Gasteiger partial charge on any atom is 0.262 e. The molecule has 0 aliphatic heterocycles. The van der Waals surface area contributed by atoms with E-state index in [9.17, 15) is 9.59 Å². The van der Waals surface area contributed by atoms with Gasteiger partial charge in [0.15, 0.2) is 11.5 Å². The van der Waals surface area contributed by atoms with Crippen LogP contribution < -0.4 is 20.3 Å². The van der Waals surface area contributed by atoms with Gasteiger partial charge < -0.3 is 14.8 Å². The summed E-state index contributed by atoms with van der Waals surface area (Å²) in [6, 6.07) is 5.50. The lowest BCUT2D eigenvalue weighted by atomic mass is 9.97. The van der Waals surface area contributed by atoms with Gasteiger partial charge in [-0.2, -0.15) is 0 Å². The molecule has 1 atom stereocenters. The number of fused-ring (bicyclic) bond motifs is 3. The first kappa shape index (κ1) is 24.3. The SMILES string of the molecule is COc1cc(C(C)NC(=O)CCn2cnc3sc4c(c3c2=O)CCCC4)ccc1OCC(C)C. The van der Waals surface area contributed by atoms with E-state index in [2.05, 4.69) is 24.1 Å². The van der Waals surface area contributed by atoms with Gasteiger partial charge in [0.25, 0.3) is 5.56 Å². The van der Waals surface area contributed by atoms with Gasteiger partial charge in [0, 0.05) is 17.8 Å². The van der Waals surface area contributed by atoms with Gasteiger partial charge in [-0.3, -0.25) is 14.2 Å². The van der Waals surface area contributed by atoms with Gasteiger partial charge in [-0.05, 0) is 61.8 Å². The highest BCUT2D eigenvalue weighted by Gasteiger charge is 2.20. The number of aryl methyl sites for hydroxylation is 3. The van der Waals surface area contributed by atoms with Crippen LogP contribution in [0.15, 0.2) is 29.3 Å². The number of carbonyl (C=O) groups is 1.